The number of benzene rings is 3. The molecule has 180 valence electrons. The fourth-order valence-corrected chi connectivity index (χ4v) is 4.82. The van der Waals surface area contributed by atoms with Gasteiger partial charge in [0.05, 0.1) is 23.3 Å². The Hall–Kier alpha value is -3.01. The molecule has 1 aliphatic heterocycles. The minimum atomic E-state index is -4.53. The number of rotatable bonds is 6. The van der Waals surface area contributed by atoms with E-state index in [-0.39, 0.29) is 21.5 Å². The van der Waals surface area contributed by atoms with Crippen molar-refractivity contribution in [3.63, 3.8) is 0 Å². The van der Waals surface area contributed by atoms with E-state index in [1.807, 2.05) is 18.2 Å². The van der Waals surface area contributed by atoms with Crippen LogP contribution >= 0.6 is 35.6 Å². The maximum absolute atomic E-state index is 13.1. The summed E-state index contributed by atoms with van der Waals surface area (Å²) in [5.74, 6) is 0.428. The first-order valence-electron chi connectivity index (χ1n) is 10.2. The first kappa shape index (κ1) is 25.1. The minimum Gasteiger partial charge on any atom is -0.493 e. The van der Waals surface area contributed by atoms with E-state index in [0.29, 0.717) is 22.1 Å². The third kappa shape index (κ3) is 5.63. The number of thiocarbonyl (C=S) groups is 1. The second-order valence-corrected chi connectivity index (χ2v) is 9.44. The number of carbonyl (C=O) groups excluding carboxylic acids is 1. The molecule has 0 saturated carbocycles. The molecular weight excluding hydrogens is 519 g/mol. The lowest BCUT2D eigenvalue weighted by Crippen LogP contribution is -2.27. The first-order valence-corrected chi connectivity index (χ1v) is 11.8. The summed E-state index contributed by atoms with van der Waals surface area (Å²) in [5, 5.41) is 0.589. The fourth-order valence-electron chi connectivity index (χ4n) is 3.33. The van der Waals surface area contributed by atoms with Crippen molar-refractivity contribution in [2.24, 2.45) is 0 Å². The van der Waals surface area contributed by atoms with E-state index in [1.165, 1.54) is 19.2 Å². The van der Waals surface area contributed by atoms with Crippen LogP contribution in [0.1, 0.15) is 16.7 Å². The highest BCUT2D eigenvalue weighted by Crippen LogP contribution is 2.39. The third-order valence-corrected chi connectivity index (χ3v) is 6.72. The van der Waals surface area contributed by atoms with Gasteiger partial charge in [-0.15, -0.1) is 0 Å². The molecule has 1 aliphatic rings. The van der Waals surface area contributed by atoms with Gasteiger partial charge in [0, 0.05) is 10.6 Å². The molecule has 1 amide bonds. The van der Waals surface area contributed by atoms with Crippen LogP contribution in [-0.2, 0) is 17.6 Å². The second-order valence-electron chi connectivity index (χ2n) is 7.36. The van der Waals surface area contributed by atoms with Crippen LogP contribution < -0.4 is 14.4 Å². The molecule has 0 aliphatic carbocycles. The van der Waals surface area contributed by atoms with Gasteiger partial charge >= 0.3 is 6.18 Å². The van der Waals surface area contributed by atoms with Gasteiger partial charge in [0.25, 0.3) is 5.91 Å². The van der Waals surface area contributed by atoms with E-state index in [2.05, 4.69) is 0 Å². The predicted molar refractivity (Wildman–Crippen MR) is 136 cm³/mol. The summed E-state index contributed by atoms with van der Waals surface area (Å²) in [4.78, 5) is 14.4. The molecule has 0 aromatic heterocycles. The van der Waals surface area contributed by atoms with E-state index >= 15 is 0 Å². The number of carbonyl (C=O) groups is 1. The quantitative estimate of drug-likeness (QED) is 0.244. The smallest absolute Gasteiger partial charge is 0.416 e. The van der Waals surface area contributed by atoms with Gasteiger partial charge in [-0.3, -0.25) is 9.69 Å². The topological polar surface area (TPSA) is 38.8 Å². The van der Waals surface area contributed by atoms with Crippen LogP contribution in [0.4, 0.5) is 18.9 Å². The van der Waals surface area contributed by atoms with E-state index in [1.54, 1.807) is 30.3 Å². The molecule has 0 unspecified atom stereocenters. The number of ether oxygens (including phenoxy) is 2. The fraction of sp³-hybridized carbons (Fsp3) is 0.120. The van der Waals surface area contributed by atoms with Crippen LogP contribution in [0.5, 0.6) is 11.5 Å². The van der Waals surface area contributed by atoms with Gasteiger partial charge in [0.15, 0.2) is 15.8 Å². The summed E-state index contributed by atoms with van der Waals surface area (Å²) < 4.78 is 50.7. The number of halogens is 4. The minimum absolute atomic E-state index is 0.0617. The molecule has 35 heavy (non-hydrogen) atoms. The van der Waals surface area contributed by atoms with Crippen molar-refractivity contribution in [2.75, 3.05) is 12.0 Å². The highest BCUT2D eigenvalue weighted by atomic mass is 35.5. The number of amides is 1. The van der Waals surface area contributed by atoms with Crippen LogP contribution in [0.25, 0.3) is 6.08 Å². The van der Waals surface area contributed by atoms with Gasteiger partial charge in [-0.25, -0.2) is 0 Å². The summed E-state index contributed by atoms with van der Waals surface area (Å²) in [6, 6.07) is 17.0. The summed E-state index contributed by atoms with van der Waals surface area (Å²) >= 11 is 12.5. The Morgan fingerprint density at radius 3 is 2.54 bits per heavy atom. The van der Waals surface area contributed by atoms with Gasteiger partial charge in [0.1, 0.15) is 6.61 Å². The zero-order chi connectivity index (χ0) is 25.2. The highest BCUT2D eigenvalue weighted by molar-refractivity contribution is 8.27. The molecule has 0 spiro atoms. The molecule has 4 rings (SSSR count). The molecule has 4 nitrogen and oxygen atoms in total. The molecule has 0 bridgehead atoms. The molecule has 0 atom stereocenters. The number of methoxy groups -OCH3 is 1. The van der Waals surface area contributed by atoms with Crippen LogP contribution in [0.15, 0.2) is 71.6 Å². The second kappa shape index (κ2) is 10.3. The SMILES string of the molecule is COc1cc(/C=C2\SC(=S)N(c3cccc(C(F)(F)F)c3)C2=O)ccc1OCc1ccccc1Cl. The lowest BCUT2D eigenvalue weighted by atomic mass is 10.1. The van der Waals surface area contributed by atoms with E-state index < -0.39 is 17.6 Å². The van der Waals surface area contributed by atoms with Crippen LogP contribution in [0.3, 0.4) is 0 Å². The lowest BCUT2D eigenvalue weighted by Gasteiger charge is -2.16. The first-order chi connectivity index (χ1) is 16.7. The molecular formula is C25H17ClF3NO3S2. The van der Waals surface area contributed by atoms with Gasteiger partial charge in [0.2, 0.25) is 0 Å². The Morgan fingerprint density at radius 1 is 1.06 bits per heavy atom. The largest absolute Gasteiger partial charge is 0.493 e. The Morgan fingerprint density at radius 2 is 1.83 bits per heavy atom. The summed E-state index contributed by atoms with van der Waals surface area (Å²) in [5.41, 5.74) is 0.659. The average molecular weight is 536 g/mol. The lowest BCUT2D eigenvalue weighted by molar-refractivity contribution is -0.137. The molecule has 1 saturated heterocycles. The maximum atomic E-state index is 13.1. The number of hydrogen-bond acceptors (Lipinski definition) is 5. The predicted octanol–water partition coefficient (Wildman–Crippen LogP) is 7.35. The van der Waals surface area contributed by atoms with Gasteiger partial charge in [-0.05, 0) is 48.0 Å². The van der Waals surface area contributed by atoms with Crippen molar-refractivity contribution < 1.29 is 27.4 Å². The van der Waals surface area contributed by atoms with E-state index in [9.17, 15) is 18.0 Å². The summed E-state index contributed by atoms with van der Waals surface area (Å²) in [6.07, 6.45) is -2.92. The number of alkyl halides is 3. The number of hydrogen-bond donors (Lipinski definition) is 0. The maximum Gasteiger partial charge on any atom is 0.416 e. The van der Waals surface area contributed by atoms with Crippen molar-refractivity contribution in [2.45, 2.75) is 12.8 Å². The Labute approximate surface area is 214 Å². The Balaban J connectivity index is 1.55. The standard InChI is InChI=1S/C25H17ClF3NO3S2/c1-32-21-11-15(9-10-20(21)33-14-16-5-2-3-8-19(16)26)12-22-23(31)30(24(34)35-22)18-7-4-6-17(13-18)25(27,28)29/h2-13H,14H2,1H3/b22-12-. The molecule has 10 heteroatoms. The average Bonchev–Trinajstić information content (AvgIpc) is 3.11. The molecule has 0 N–H and O–H groups in total. The molecule has 3 aromatic rings. The zero-order valence-corrected chi connectivity index (χ0v) is 20.5. The molecule has 1 fully saturated rings. The van der Waals surface area contributed by atoms with Crippen molar-refractivity contribution in [3.05, 3.63) is 93.3 Å². The van der Waals surface area contributed by atoms with Crippen LogP contribution in [-0.4, -0.2) is 17.3 Å². The molecule has 3 aromatic carbocycles. The van der Waals surface area contributed by atoms with Crippen molar-refractivity contribution >= 4 is 57.6 Å². The Bertz CT molecular complexity index is 1330. The van der Waals surface area contributed by atoms with E-state index in [0.717, 1.165) is 34.4 Å². The number of nitrogens with zero attached hydrogens (tertiary/aromatic N) is 1. The monoisotopic (exact) mass is 535 g/mol. The van der Waals surface area contributed by atoms with Gasteiger partial charge in [-0.2, -0.15) is 13.2 Å². The summed E-state index contributed by atoms with van der Waals surface area (Å²) in [6.45, 7) is 0.241. The normalized spacial score (nSPS) is 15.1. The van der Waals surface area contributed by atoms with Gasteiger partial charge in [-0.1, -0.05) is 65.9 Å². The zero-order valence-electron chi connectivity index (χ0n) is 18.1. The molecule has 0 radical (unpaired) electrons. The number of thioether (sulfide) groups is 1. The molecule has 1 heterocycles. The number of anilines is 1. The van der Waals surface area contributed by atoms with Crippen molar-refractivity contribution in [1.29, 1.82) is 0 Å². The van der Waals surface area contributed by atoms with Gasteiger partial charge < -0.3 is 9.47 Å². The Kier molecular flexibility index (Phi) is 7.39. The third-order valence-electron chi connectivity index (χ3n) is 5.05. The van der Waals surface area contributed by atoms with Crippen LogP contribution in [0.2, 0.25) is 5.02 Å². The van der Waals surface area contributed by atoms with Crippen molar-refractivity contribution in [1.82, 2.24) is 0 Å². The van der Waals surface area contributed by atoms with Crippen molar-refractivity contribution in [3.8, 4) is 11.5 Å². The summed E-state index contributed by atoms with van der Waals surface area (Å²) in [7, 11) is 1.49. The van der Waals surface area contributed by atoms with Crippen LogP contribution in [0, 0.1) is 0 Å². The van der Waals surface area contributed by atoms with E-state index in [4.69, 9.17) is 33.3 Å². The highest BCUT2D eigenvalue weighted by Gasteiger charge is 2.36.